The van der Waals surface area contributed by atoms with Crippen molar-refractivity contribution in [3.05, 3.63) is 107 Å². The largest absolute Gasteiger partial charge is 0.334 e. The molecule has 0 N–H and O–H groups in total. The second kappa shape index (κ2) is 8.62. The molecule has 4 bridgehead atoms. The van der Waals surface area contributed by atoms with Crippen LogP contribution in [0.1, 0.15) is 60.8 Å². The van der Waals surface area contributed by atoms with Gasteiger partial charge in [0.1, 0.15) is 0 Å². The molecule has 1 aromatic heterocycles. The lowest BCUT2D eigenvalue weighted by molar-refractivity contribution is -0.0315. The molecule has 0 amide bonds. The van der Waals surface area contributed by atoms with Crippen molar-refractivity contribution in [2.24, 2.45) is 11.8 Å². The number of benzene rings is 4. The first-order chi connectivity index (χ1) is 19.4. The lowest BCUT2D eigenvalue weighted by atomic mass is 9.19. The smallest absolute Gasteiger partial charge is 0.217 e. The number of hydrogen-bond donors (Lipinski definition) is 0. The van der Waals surface area contributed by atoms with Gasteiger partial charge in [-0.1, -0.05) is 119 Å². The molecule has 5 aromatic rings. The van der Waals surface area contributed by atoms with Crippen LogP contribution in [0.15, 0.2) is 84.9 Å². The van der Waals surface area contributed by atoms with Crippen LogP contribution in [-0.2, 0) is 5.54 Å². The molecule has 2 unspecified atom stereocenters. The van der Waals surface area contributed by atoms with Gasteiger partial charge in [-0.15, -0.1) is 0 Å². The molecule has 0 saturated heterocycles. The third-order valence-electron chi connectivity index (χ3n) is 11.4. The number of hydrogen-bond acceptors (Lipinski definition) is 0. The normalized spacial score (nSPS) is 27.1. The second-order valence-electron chi connectivity index (χ2n) is 14.0. The van der Waals surface area contributed by atoms with Crippen LogP contribution in [0.25, 0.3) is 21.8 Å². The van der Waals surface area contributed by atoms with Crippen LogP contribution in [0.4, 0.5) is 0 Å². The third kappa shape index (κ3) is 3.35. The Labute approximate surface area is 239 Å². The molecule has 200 valence electrons. The summed E-state index contributed by atoms with van der Waals surface area (Å²) in [6.07, 6.45) is 8.11. The lowest BCUT2D eigenvalue weighted by Crippen LogP contribution is -2.64. The van der Waals surface area contributed by atoms with Crippen molar-refractivity contribution in [3.63, 3.8) is 0 Å². The minimum absolute atomic E-state index is 0.179. The summed E-state index contributed by atoms with van der Waals surface area (Å²) in [5.41, 5.74) is 12.1. The standard InChI is InChI=1S/C38H40BN/c1-25-11-9-12-26(2)35(25)39(36-27(3)13-10-14-28(36)4)37-20-29-19-30(21-37)23-38(22-29,24-37)40-33-17-7-5-15-31(33)32-16-6-8-18-34(32)40/h5-18,29-30H,19-24H2,1-4H3. The van der Waals surface area contributed by atoms with E-state index in [0.717, 1.165) is 11.8 Å². The Hall–Kier alpha value is -3.26. The monoisotopic (exact) mass is 521 g/mol. The molecule has 0 radical (unpaired) electrons. The van der Waals surface area contributed by atoms with Gasteiger partial charge in [0.2, 0.25) is 6.71 Å². The number of para-hydroxylation sites is 2. The Kier molecular flexibility index (Phi) is 5.29. The summed E-state index contributed by atoms with van der Waals surface area (Å²) < 4.78 is 2.86. The van der Waals surface area contributed by atoms with Gasteiger partial charge in [-0.25, -0.2) is 0 Å². The van der Waals surface area contributed by atoms with Gasteiger partial charge in [0.05, 0.1) is 0 Å². The fraction of sp³-hybridized carbons (Fsp3) is 0.368. The van der Waals surface area contributed by atoms with E-state index in [-0.39, 0.29) is 10.9 Å². The van der Waals surface area contributed by atoms with Crippen LogP contribution < -0.4 is 10.9 Å². The van der Waals surface area contributed by atoms with Crippen molar-refractivity contribution >= 4 is 39.4 Å². The zero-order chi connectivity index (χ0) is 27.2. The maximum absolute atomic E-state index is 2.86. The van der Waals surface area contributed by atoms with Gasteiger partial charge in [-0.05, 0) is 82.7 Å². The van der Waals surface area contributed by atoms with Gasteiger partial charge >= 0.3 is 0 Å². The number of aromatic nitrogens is 1. The van der Waals surface area contributed by atoms with Crippen molar-refractivity contribution < 1.29 is 0 Å². The molecule has 4 aliphatic rings. The van der Waals surface area contributed by atoms with Crippen molar-refractivity contribution in [2.45, 2.75) is 77.1 Å². The topological polar surface area (TPSA) is 4.93 Å². The highest BCUT2D eigenvalue weighted by Crippen LogP contribution is 2.69. The zero-order valence-corrected chi connectivity index (χ0v) is 24.5. The van der Waals surface area contributed by atoms with Crippen molar-refractivity contribution in [1.82, 2.24) is 4.57 Å². The molecule has 0 spiro atoms. The van der Waals surface area contributed by atoms with Crippen LogP contribution in [0.2, 0.25) is 5.31 Å². The van der Waals surface area contributed by atoms with E-state index in [0.29, 0.717) is 6.71 Å². The van der Waals surface area contributed by atoms with E-state index in [9.17, 15) is 0 Å². The Morgan fingerprint density at radius 1 is 0.575 bits per heavy atom. The zero-order valence-electron chi connectivity index (χ0n) is 24.5. The minimum Gasteiger partial charge on any atom is -0.334 e. The molecule has 2 heteroatoms. The third-order valence-corrected chi connectivity index (χ3v) is 11.4. The summed E-state index contributed by atoms with van der Waals surface area (Å²) in [4.78, 5) is 0. The summed E-state index contributed by atoms with van der Waals surface area (Å²) >= 11 is 0. The number of aryl methyl sites for hydroxylation is 4. The molecule has 4 aromatic carbocycles. The van der Waals surface area contributed by atoms with Crippen molar-refractivity contribution in [1.29, 1.82) is 0 Å². The highest BCUT2D eigenvalue weighted by atomic mass is 15.1. The Morgan fingerprint density at radius 2 is 1.02 bits per heavy atom. The van der Waals surface area contributed by atoms with Gasteiger partial charge < -0.3 is 4.57 Å². The first-order valence-electron chi connectivity index (χ1n) is 15.5. The molecule has 1 heterocycles. The van der Waals surface area contributed by atoms with Crippen LogP contribution in [-0.4, -0.2) is 11.3 Å². The highest BCUT2D eigenvalue weighted by molar-refractivity contribution is 6.89. The molecule has 4 aliphatic carbocycles. The van der Waals surface area contributed by atoms with Gasteiger partial charge in [0.25, 0.3) is 0 Å². The fourth-order valence-electron chi connectivity index (χ4n) is 10.6. The number of fused-ring (bicyclic) bond motifs is 3. The maximum Gasteiger partial charge on any atom is 0.217 e. The summed E-state index contributed by atoms with van der Waals surface area (Å²) in [5.74, 6) is 1.61. The fourth-order valence-corrected chi connectivity index (χ4v) is 10.6. The molecule has 2 atom stereocenters. The molecule has 40 heavy (non-hydrogen) atoms. The average Bonchev–Trinajstić information content (AvgIpc) is 3.26. The average molecular weight is 522 g/mol. The highest BCUT2D eigenvalue weighted by Gasteiger charge is 2.62. The predicted molar refractivity (Wildman–Crippen MR) is 172 cm³/mol. The van der Waals surface area contributed by atoms with E-state index in [2.05, 4.69) is 117 Å². The SMILES string of the molecule is Cc1cccc(C)c1B(c1c(C)cccc1C)C12CC3CC(C1)CC(n1c4ccccc4c4ccccc41)(C3)C2. The van der Waals surface area contributed by atoms with Crippen LogP contribution in [0.5, 0.6) is 0 Å². The van der Waals surface area contributed by atoms with Gasteiger partial charge in [-0.2, -0.15) is 0 Å². The summed E-state index contributed by atoms with van der Waals surface area (Å²) in [6.45, 7) is 9.91. The van der Waals surface area contributed by atoms with Crippen LogP contribution in [0, 0.1) is 39.5 Å². The maximum atomic E-state index is 2.86. The van der Waals surface area contributed by atoms with E-state index in [4.69, 9.17) is 0 Å². The molecule has 0 aliphatic heterocycles. The molecular weight excluding hydrogens is 481 g/mol. The Balaban J connectivity index is 1.40. The van der Waals surface area contributed by atoms with Gasteiger partial charge in [0.15, 0.2) is 0 Å². The van der Waals surface area contributed by atoms with Gasteiger partial charge in [-0.3, -0.25) is 0 Å². The van der Waals surface area contributed by atoms with Crippen molar-refractivity contribution in [2.75, 3.05) is 0 Å². The summed E-state index contributed by atoms with van der Waals surface area (Å²) in [7, 11) is 0. The Morgan fingerprint density at radius 3 is 1.50 bits per heavy atom. The molecule has 4 fully saturated rings. The van der Waals surface area contributed by atoms with E-state index < -0.39 is 0 Å². The molecular formula is C38H40BN. The number of rotatable bonds is 4. The Bertz CT molecular complexity index is 1630. The van der Waals surface area contributed by atoms with E-state index >= 15 is 0 Å². The van der Waals surface area contributed by atoms with Crippen molar-refractivity contribution in [3.8, 4) is 0 Å². The van der Waals surface area contributed by atoms with E-state index in [1.165, 1.54) is 82.6 Å². The number of nitrogens with zero attached hydrogens (tertiary/aromatic N) is 1. The van der Waals surface area contributed by atoms with E-state index in [1.54, 1.807) is 10.9 Å². The van der Waals surface area contributed by atoms with Crippen LogP contribution >= 0.6 is 0 Å². The lowest BCUT2D eigenvalue weighted by Gasteiger charge is -2.65. The first kappa shape index (κ1) is 24.5. The predicted octanol–water partition coefficient (Wildman–Crippen LogP) is 8.39. The van der Waals surface area contributed by atoms with Crippen LogP contribution in [0.3, 0.4) is 0 Å². The first-order valence-corrected chi connectivity index (χ1v) is 15.5. The van der Waals surface area contributed by atoms with E-state index in [1.807, 2.05) is 0 Å². The summed E-state index contributed by atoms with van der Waals surface area (Å²) in [6, 6.07) is 32.4. The van der Waals surface area contributed by atoms with Gasteiger partial charge in [0, 0.05) is 27.3 Å². The quantitative estimate of drug-likeness (QED) is 0.209. The summed E-state index contributed by atoms with van der Waals surface area (Å²) in [5, 5.41) is 3.11. The molecule has 4 saturated carbocycles. The minimum atomic E-state index is 0.179. The molecule has 9 rings (SSSR count). The molecule has 1 nitrogen and oxygen atoms in total. The second-order valence-corrected chi connectivity index (χ2v) is 14.0.